The van der Waals surface area contributed by atoms with E-state index in [-0.39, 0.29) is 11.9 Å². The normalized spacial score (nSPS) is 15.9. The molecule has 6 N–H and O–H groups in total. The highest BCUT2D eigenvalue weighted by Gasteiger charge is 2.25. The number of hydrogen-bond acceptors (Lipinski definition) is 1. The maximum Gasteiger partial charge on any atom is 0.223 e. The summed E-state index contributed by atoms with van der Waals surface area (Å²) in [4.78, 5) is 7.90. The molecule has 5 nitrogen and oxygen atoms in total. The summed E-state index contributed by atoms with van der Waals surface area (Å²) in [5.41, 5.74) is 18.1. The predicted molar refractivity (Wildman–Crippen MR) is 65.5 cm³/mol. The molecule has 0 aliphatic heterocycles. The van der Waals surface area contributed by atoms with Gasteiger partial charge in [0.2, 0.25) is 5.96 Å². The largest absolute Gasteiger partial charge is 0.370 e. The van der Waals surface area contributed by atoms with Crippen LogP contribution in [-0.4, -0.2) is 11.9 Å². The molecular weight excluding hydrogens is 202 g/mol. The third-order valence-electron chi connectivity index (χ3n) is 2.43. The van der Waals surface area contributed by atoms with Gasteiger partial charge in [0.15, 0.2) is 5.96 Å². The summed E-state index contributed by atoms with van der Waals surface area (Å²) < 4.78 is 0. The molecule has 0 bridgehead atoms. The Bertz CT molecular complexity index is 441. The maximum atomic E-state index is 5.60. The van der Waals surface area contributed by atoms with Crippen molar-refractivity contribution in [1.82, 2.24) is 0 Å². The van der Waals surface area contributed by atoms with E-state index in [0.717, 1.165) is 5.69 Å². The Morgan fingerprint density at radius 1 is 1.12 bits per heavy atom. The van der Waals surface area contributed by atoms with Crippen molar-refractivity contribution in [2.75, 3.05) is 0 Å². The van der Waals surface area contributed by atoms with Crippen LogP contribution < -0.4 is 17.2 Å². The Labute approximate surface area is 94.1 Å². The van der Waals surface area contributed by atoms with Gasteiger partial charge in [0.1, 0.15) is 0 Å². The number of benzene rings is 1. The average Bonchev–Trinajstić information content (AvgIpc) is 3.00. The molecule has 0 aromatic heterocycles. The molecule has 1 aromatic carbocycles. The molecular formula is C11H15N5. The summed E-state index contributed by atoms with van der Waals surface area (Å²) in [5.74, 6) is 0.630. The van der Waals surface area contributed by atoms with Gasteiger partial charge in [-0.25, -0.2) is 4.99 Å². The van der Waals surface area contributed by atoms with Crippen molar-refractivity contribution in [2.45, 2.75) is 18.8 Å². The number of rotatable bonds is 2. The minimum atomic E-state index is -0.0786. The molecule has 0 spiro atoms. The lowest BCUT2D eigenvalue weighted by Crippen LogP contribution is -2.26. The zero-order chi connectivity index (χ0) is 11.5. The van der Waals surface area contributed by atoms with E-state index in [1.165, 1.54) is 18.4 Å². The van der Waals surface area contributed by atoms with Crippen LogP contribution in [0.4, 0.5) is 5.69 Å². The smallest absolute Gasteiger partial charge is 0.223 e. The average molecular weight is 217 g/mol. The fourth-order valence-electron chi connectivity index (χ4n) is 1.61. The second-order valence-electron chi connectivity index (χ2n) is 3.84. The van der Waals surface area contributed by atoms with Crippen molar-refractivity contribution in [3.63, 3.8) is 0 Å². The molecule has 2 rings (SSSR count). The molecule has 0 heterocycles. The van der Waals surface area contributed by atoms with Gasteiger partial charge in [-0.2, -0.15) is 4.99 Å². The molecule has 5 heteroatoms. The van der Waals surface area contributed by atoms with E-state index in [0.29, 0.717) is 5.92 Å². The van der Waals surface area contributed by atoms with E-state index in [2.05, 4.69) is 16.1 Å². The summed E-state index contributed by atoms with van der Waals surface area (Å²) in [6, 6.07) is 7.92. The van der Waals surface area contributed by atoms with Gasteiger partial charge in [0.05, 0.1) is 5.69 Å². The SMILES string of the molecule is NC(N)=NC(N)=Nc1ccccc1C1CC1. The van der Waals surface area contributed by atoms with Gasteiger partial charge in [-0.3, -0.25) is 0 Å². The Morgan fingerprint density at radius 3 is 2.44 bits per heavy atom. The first-order valence-electron chi connectivity index (χ1n) is 5.19. The summed E-state index contributed by atoms with van der Waals surface area (Å²) in [6.45, 7) is 0. The van der Waals surface area contributed by atoms with E-state index in [1.807, 2.05) is 18.2 Å². The minimum Gasteiger partial charge on any atom is -0.370 e. The third-order valence-corrected chi connectivity index (χ3v) is 2.43. The molecule has 0 amide bonds. The number of nitrogens with zero attached hydrogens (tertiary/aromatic N) is 2. The van der Waals surface area contributed by atoms with Gasteiger partial charge in [0, 0.05) is 0 Å². The number of nitrogens with two attached hydrogens (primary N) is 3. The highest BCUT2D eigenvalue weighted by molar-refractivity contribution is 5.93. The van der Waals surface area contributed by atoms with Crippen molar-refractivity contribution < 1.29 is 0 Å². The Kier molecular flexibility index (Phi) is 2.76. The summed E-state index contributed by atoms with van der Waals surface area (Å²) in [5, 5.41) is 0. The first-order valence-corrected chi connectivity index (χ1v) is 5.19. The number of hydrogen-bond donors (Lipinski definition) is 3. The van der Waals surface area contributed by atoms with Crippen LogP contribution in [0.25, 0.3) is 0 Å². The third kappa shape index (κ3) is 2.50. The minimum absolute atomic E-state index is 0.0786. The molecule has 1 fully saturated rings. The summed E-state index contributed by atoms with van der Waals surface area (Å²) in [6.07, 6.45) is 2.43. The number of para-hydroxylation sites is 1. The molecule has 0 unspecified atom stereocenters. The van der Waals surface area contributed by atoms with Crippen LogP contribution in [0.2, 0.25) is 0 Å². The standard InChI is InChI=1S/C11H15N5/c12-10(13)16-11(14)15-9-4-2-1-3-8(9)7-5-6-7/h1-4,7H,5-6H2,(H6,12,13,14,15,16). The van der Waals surface area contributed by atoms with Crippen molar-refractivity contribution in [3.05, 3.63) is 29.8 Å². The van der Waals surface area contributed by atoms with Gasteiger partial charge < -0.3 is 17.2 Å². The van der Waals surface area contributed by atoms with Crippen LogP contribution in [0, 0.1) is 0 Å². The van der Waals surface area contributed by atoms with Gasteiger partial charge in [0.25, 0.3) is 0 Å². The molecule has 1 aliphatic carbocycles. The highest BCUT2D eigenvalue weighted by atomic mass is 15.1. The monoisotopic (exact) mass is 217 g/mol. The lowest BCUT2D eigenvalue weighted by atomic mass is 10.1. The first-order chi connectivity index (χ1) is 7.66. The Morgan fingerprint density at radius 2 is 1.81 bits per heavy atom. The lowest BCUT2D eigenvalue weighted by Gasteiger charge is -2.03. The van der Waals surface area contributed by atoms with Gasteiger partial charge in [-0.05, 0) is 30.4 Å². The van der Waals surface area contributed by atoms with Crippen LogP contribution >= 0.6 is 0 Å². The number of aliphatic imine (C=N–C) groups is 2. The van der Waals surface area contributed by atoms with Gasteiger partial charge in [-0.15, -0.1) is 0 Å². The van der Waals surface area contributed by atoms with Crippen molar-refractivity contribution in [1.29, 1.82) is 0 Å². The molecule has 1 aliphatic rings. The highest BCUT2D eigenvalue weighted by Crippen LogP contribution is 2.44. The van der Waals surface area contributed by atoms with Gasteiger partial charge >= 0.3 is 0 Å². The number of guanidine groups is 2. The van der Waals surface area contributed by atoms with Crippen LogP contribution in [0.5, 0.6) is 0 Å². The quantitative estimate of drug-likeness (QED) is 0.504. The first kappa shape index (κ1) is 10.5. The Hall–Kier alpha value is -2.04. The van der Waals surface area contributed by atoms with Crippen LogP contribution in [0.15, 0.2) is 34.3 Å². The van der Waals surface area contributed by atoms with E-state index >= 15 is 0 Å². The van der Waals surface area contributed by atoms with Crippen LogP contribution in [0.3, 0.4) is 0 Å². The molecule has 0 atom stereocenters. The molecule has 16 heavy (non-hydrogen) atoms. The van der Waals surface area contributed by atoms with E-state index in [4.69, 9.17) is 17.2 Å². The van der Waals surface area contributed by atoms with Crippen molar-refractivity contribution in [2.24, 2.45) is 27.2 Å². The maximum absolute atomic E-state index is 5.60. The molecule has 0 radical (unpaired) electrons. The van der Waals surface area contributed by atoms with E-state index in [1.54, 1.807) is 0 Å². The molecule has 84 valence electrons. The van der Waals surface area contributed by atoms with Crippen molar-refractivity contribution >= 4 is 17.6 Å². The predicted octanol–water partition coefficient (Wildman–Crippen LogP) is 0.784. The molecule has 1 saturated carbocycles. The topological polar surface area (TPSA) is 103 Å². The zero-order valence-corrected chi connectivity index (χ0v) is 8.93. The summed E-state index contributed by atoms with van der Waals surface area (Å²) in [7, 11) is 0. The lowest BCUT2D eigenvalue weighted by molar-refractivity contribution is 1.12. The van der Waals surface area contributed by atoms with E-state index in [9.17, 15) is 0 Å². The second-order valence-corrected chi connectivity index (χ2v) is 3.84. The fourth-order valence-corrected chi connectivity index (χ4v) is 1.61. The summed E-state index contributed by atoms with van der Waals surface area (Å²) >= 11 is 0. The van der Waals surface area contributed by atoms with Crippen LogP contribution in [0.1, 0.15) is 24.3 Å². The zero-order valence-electron chi connectivity index (χ0n) is 8.93. The second kappa shape index (κ2) is 4.22. The van der Waals surface area contributed by atoms with Crippen LogP contribution in [-0.2, 0) is 0 Å². The molecule has 1 aromatic rings. The Balaban J connectivity index is 2.29. The fraction of sp³-hybridized carbons (Fsp3) is 0.273. The van der Waals surface area contributed by atoms with E-state index < -0.39 is 0 Å². The molecule has 0 saturated heterocycles. The van der Waals surface area contributed by atoms with Gasteiger partial charge in [-0.1, -0.05) is 18.2 Å². The van der Waals surface area contributed by atoms with Crippen molar-refractivity contribution in [3.8, 4) is 0 Å².